The van der Waals surface area contributed by atoms with Crippen LogP contribution in [0.2, 0.25) is 5.02 Å². The van der Waals surface area contributed by atoms with Crippen molar-refractivity contribution in [2.45, 2.75) is 118 Å². The molecule has 0 bridgehead atoms. The van der Waals surface area contributed by atoms with E-state index >= 15 is 0 Å². The number of anilines is 1. The zero-order valence-corrected chi connectivity index (χ0v) is 41.1. The monoisotopic (exact) mass is 954 g/mol. The Bertz CT molecular complexity index is 2410. The Labute approximate surface area is 402 Å². The Hall–Kier alpha value is -5.60. The smallest absolute Gasteiger partial charge is 0.251 e. The molecule has 2 aromatic heterocycles. The van der Waals surface area contributed by atoms with Gasteiger partial charge in [0.25, 0.3) is 5.91 Å². The van der Waals surface area contributed by atoms with Crippen molar-refractivity contribution in [3.63, 3.8) is 0 Å². The van der Waals surface area contributed by atoms with E-state index in [0.717, 1.165) is 41.1 Å². The number of aromatic nitrogens is 2. The summed E-state index contributed by atoms with van der Waals surface area (Å²) in [4.78, 5) is 65.0. The van der Waals surface area contributed by atoms with E-state index in [2.05, 4.69) is 65.0 Å². The highest BCUT2D eigenvalue weighted by atomic mass is 35.5. The molecule has 6 rings (SSSR count). The fourth-order valence-electron chi connectivity index (χ4n) is 9.31. The van der Waals surface area contributed by atoms with Gasteiger partial charge in [-0.05, 0) is 74.1 Å². The SMILES string of the molecule is Cc1ncsc1-c1ccc(CNC(=O)[C@@H]2C[C@@H](O)CN2C(=O)[C@@H](NC(=O)COCCCCCNc2ccc(C(=O)N[C@H]3C(C)(C)[C@H](Oc4ccc(C#N)c(Cl)c4)C3(C)C)cc2)C(C)(C)C)nc1. The topological polar surface area (TPSA) is 208 Å². The third-order valence-corrected chi connectivity index (χ3v) is 14.0. The molecule has 1 saturated heterocycles. The van der Waals surface area contributed by atoms with E-state index in [4.69, 9.17) is 21.1 Å². The molecule has 1 aliphatic heterocycles. The van der Waals surface area contributed by atoms with Gasteiger partial charge in [-0.15, -0.1) is 11.3 Å². The minimum atomic E-state index is -0.958. The van der Waals surface area contributed by atoms with Gasteiger partial charge in [0.05, 0.1) is 45.0 Å². The molecule has 3 heterocycles. The second kappa shape index (κ2) is 21.6. The number of likely N-dealkylation sites (tertiary alicyclic amines) is 1. The molecular formula is C50H63ClN8O7S. The van der Waals surface area contributed by atoms with Crippen molar-refractivity contribution in [2.75, 3.05) is 31.6 Å². The highest BCUT2D eigenvalue weighted by Crippen LogP contribution is 2.55. The number of nitriles is 1. The molecule has 0 unspecified atom stereocenters. The summed E-state index contributed by atoms with van der Waals surface area (Å²) in [6, 6.07) is 16.2. The van der Waals surface area contributed by atoms with E-state index in [0.29, 0.717) is 40.7 Å². The highest BCUT2D eigenvalue weighted by Gasteiger charge is 2.64. The number of benzene rings is 2. The van der Waals surface area contributed by atoms with Crippen molar-refractivity contribution >= 4 is 52.3 Å². The number of carbonyl (C=O) groups is 4. The Morgan fingerprint density at radius 3 is 2.37 bits per heavy atom. The first-order valence-electron chi connectivity index (χ1n) is 22.7. The summed E-state index contributed by atoms with van der Waals surface area (Å²) in [6.07, 6.45) is 3.17. The number of halogens is 1. The van der Waals surface area contributed by atoms with Gasteiger partial charge >= 0.3 is 0 Å². The van der Waals surface area contributed by atoms with Crippen LogP contribution in [0.25, 0.3) is 10.4 Å². The predicted octanol–water partition coefficient (Wildman–Crippen LogP) is 7.06. The minimum absolute atomic E-state index is 0.0235. The number of ether oxygens (including phenoxy) is 2. The lowest BCUT2D eigenvalue weighted by atomic mass is 9.49. The Balaban J connectivity index is 0.878. The third kappa shape index (κ3) is 12.3. The van der Waals surface area contributed by atoms with Gasteiger partial charge in [-0.1, -0.05) is 66.1 Å². The standard InChI is InChI=1S/C50H63ClN8O7S/c1-30-41(67-29-56-30)33-14-18-35(54-25-33)26-55-44(63)39-22-36(60)27-59(39)45(64)42(48(2,3)4)57-40(61)28-65-21-11-9-10-20-53-34-16-12-31(13-17-34)43(62)58-46-49(5,6)47(50(46,7)8)66-37-19-15-32(24-52)38(51)23-37/h12-19,23,25,29,36,39,42,46-47,53,60H,9-11,20-22,26-28H2,1-8H3,(H,55,63)(H,57,61)(H,58,62)/t36-,39+,42-,46-,47-/m1/s1. The van der Waals surface area contributed by atoms with Gasteiger partial charge in [-0.3, -0.25) is 24.2 Å². The van der Waals surface area contributed by atoms with E-state index in [-0.39, 0.29) is 55.0 Å². The molecule has 1 aliphatic carbocycles. The van der Waals surface area contributed by atoms with Crippen molar-refractivity contribution in [3.8, 4) is 22.3 Å². The molecule has 4 amide bonds. The summed E-state index contributed by atoms with van der Waals surface area (Å²) in [5.41, 5.74) is 4.67. The Morgan fingerprint density at radius 1 is 1.01 bits per heavy atom. The molecule has 1 saturated carbocycles. The number of hydrogen-bond donors (Lipinski definition) is 5. The van der Waals surface area contributed by atoms with Crippen molar-refractivity contribution in [1.82, 2.24) is 30.8 Å². The molecule has 0 radical (unpaired) electrons. The second-order valence-corrected chi connectivity index (χ2v) is 21.0. The van der Waals surface area contributed by atoms with Crippen LogP contribution in [-0.2, 0) is 25.7 Å². The number of amides is 4. The first kappa shape index (κ1) is 50.8. The van der Waals surface area contributed by atoms with Crippen molar-refractivity contribution < 1.29 is 33.8 Å². The quantitative estimate of drug-likeness (QED) is 0.0602. The third-order valence-electron chi connectivity index (χ3n) is 12.7. The molecule has 358 valence electrons. The number of nitrogens with one attached hydrogen (secondary N) is 4. The summed E-state index contributed by atoms with van der Waals surface area (Å²) < 4.78 is 12.0. The number of aliphatic hydroxyl groups is 1. The van der Waals surface area contributed by atoms with Crippen LogP contribution in [0.3, 0.4) is 0 Å². The van der Waals surface area contributed by atoms with Crippen LogP contribution >= 0.6 is 22.9 Å². The van der Waals surface area contributed by atoms with Crippen molar-refractivity contribution in [3.05, 3.63) is 93.8 Å². The van der Waals surface area contributed by atoms with E-state index in [1.54, 1.807) is 42.0 Å². The Kier molecular flexibility index (Phi) is 16.4. The molecule has 3 atom stereocenters. The molecule has 0 spiro atoms. The van der Waals surface area contributed by atoms with Crippen LogP contribution in [0.4, 0.5) is 5.69 Å². The molecule has 17 heteroatoms. The molecule has 67 heavy (non-hydrogen) atoms. The summed E-state index contributed by atoms with van der Waals surface area (Å²) >= 11 is 7.77. The number of aliphatic hydroxyl groups excluding tert-OH is 1. The summed E-state index contributed by atoms with van der Waals surface area (Å²) in [5, 5.41) is 32.4. The van der Waals surface area contributed by atoms with Crippen LogP contribution in [-0.4, -0.2) is 100 Å². The van der Waals surface area contributed by atoms with Crippen LogP contribution in [0.1, 0.15) is 101 Å². The highest BCUT2D eigenvalue weighted by molar-refractivity contribution is 7.13. The number of nitrogens with zero attached hydrogens (tertiary/aromatic N) is 4. The molecule has 2 aromatic carbocycles. The maximum atomic E-state index is 14.0. The van der Waals surface area contributed by atoms with E-state index in [9.17, 15) is 29.5 Å². The number of rotatable bonds is 19. The number of β-amino-alcohol motifs (C(OH)–C–C–N with tert-alkyl or cyclic N) is 1. The van der Waals surface area contributed by atoms with Gasteiger partial charge in [-0.25, -0.2) is 4.98 Å². The normalized spacial score (nSPS) is 19.9. The van der Waals surface area contributed by atoms with Crippen LogP contribution < -0.4 is 26.0 Å². The fraction of sp³-hybridized carbons (Fsp3) is 0.500. The summed E-state index contributed by atoms with van der Waals surface area (Å²) in [5.74, 6) is -0.880. The van der Waals surface area contributed by atoms with Gasteiger partial charge in [0, 0.05) is 72.1 Å². The first-order valence-corrected chi connectivity index (χ1v) is 24.0. The van der Waals surface area contributed by atoms with Gasteiger partial charge in [0.15, 0.2) is 0 Å². The van der Waals surface area contributed by atoms with Crippen LogP contribution in [0.15, 0.2) is 66.3 Å². The molecule has 4 aromatic rings. The number of unbranched alkanes of at least 4 members (excludes halogenated alkanes) is 2. The minimum Gasteiger partial charge on any atom is -0.489 e. The molecule has 2 aliphatic rings. The van der Waals surface area contributed by atoms with E-state index in [1.807, 2.05) is 52.0 Å². The molecule has 2 fully saturated rings. The average molecular weight is 956 g/mol. The fourth-order valence-corrected chi connectivity index (χ4v) is 10.3. The van der Waals surface area contributed by atoms with Crippen LogP contribution in [0.5, 0.6) is 5.75 Å². The summed E-state index contributed by atoms with van der Waals surface area (Å²) in [7, 11) is 0. The van der Waals surface area contributed by atoms with Crippen molar-refractivity contribution in [2.24, 2.45) is 16.2 Å². The number of hydrogen-bond acceptors (Lipinski definition) is 12. The molecule has 5 N–H and O–H groups in total. The van der Waals surface area contributed by atoms with Gasteiger partial charge in [0.2, 0.25) is 17.7 Å². The van der Waals surface area contributed by atoms with Gasteiger partial charge in [-0.2, -0.15) is 5.26 Å². The first-order chi connectivity index (χ1) is 31.7. The zero-order chi connectivity index (χ0) is 48.7. The predicted molar refractivity (Wildman–Crippen MR) is 258 cm³/mol. The zero-order valence-electron chi connectivity index (χ0n) is 39.6. The van der Waals surface area contributed by atoms with Crippen LogP contribution in [0, 0.1) is 34.5 Å². The lowest BCUT2D eigenvalue weighted by molar-refractivity contribution is -0.164. The lowest BCUT2D eigenvalue weighted by Crippen LogP contribution is -2.74. The second-order valence-electron chi connectivity index (χ2n) is 19.7. The molecule has 15 nitrogen and oxygen atoms in total. The number of pyridine rings is 1. The molecular weight excluding hydrogens is 892 g/mol. The van der Waals surface area contributed by atoms with E-state index in [1.165, 1.54) is 16.2 Å². The van der Waals surface area contributed by atoms with Gasteiger partial charge < -0.3 is 40.7 Å². The van der Waals surface area contributed by atoms with Crippen molar-refractivity contribution in [1.29, 1.82) is 5.26 Å². The summed E-state index contributed by atoms with van der Waals surface area (Å²) in [6.45, 7) is 16.7. The van der Waals surface area contributed by atoms with E-state index < -0.39 is 41.3 Å². The number of carbonyl (C=O) groups excluding carboxylic acids is 4. The maximum absolute atomic E-state index is 14.0. The average Bonchev–Trinajstić information content (AvgIpc) is 3.91. The number of thiazole rings is 1. The lowest BCUT2D eigenvalue weighted by Gasteiger charge is -2.63. The largest absolute Gasteiger partial charge is 0.489 e. The number of aryl methyl sites for hydroxylation is 1. The maximum Gasteiger partial charge on any atom is 0.251 e. The Morgan fingerprint density at radius 2 is 1.75 bits per heavy atom. The van der Waals surface area contributed by atoms with Gasteiger partial charge in [0.1, 0.15) is 36.6 Å².